The van der Waals surface area contributed by atoms with Crippen LogP contribution in [0.1, 0.15) is 181 Å². The molecule has 8 nitrogen and oxygen atoms in total. The summed E-state index contributed by atoms with van der Waals surface area (Å²) in [6.07, 6.45) is 22.7. The van der Waals surface area contributed by atoms with E-state index >= 15 is 0 Å². The minimum absolute atomic E-state index is 0.296. The molecule has 0 radical (unpaired) electrons. The number of carboxylic acid groups (broad SMARTS) is 2. The lowest BCUT2D eigenvalue weighted by Gasteiger charge is -2.40. The Kier molecular flexibility index (Phi) is 27.1. The molecule has 0 saturated carbocycles. The van der Waals surface area contributed by atoms with E-state index in [1.807, 2.05) is 64.1 Å². The van der Waals surface area contributed by atoms with Gasteiger partial charge in [-0.25, -0.2) is 0 Å². The van der Waals surface area contributed by atoms with Gasteiger partial charge in [-0.3, -0.25) is 9.59 Å². The van der Waals surface area contributed by atoms with E-state index < -0.39 is 34.2 Å². The summed E-state index contributed by atoms with van der Waals surface area (Å²) >= 11 is 0. The maximum absolute atomic E-state index is 11.1. The van der Waals surface area contributed by atoms with Gasteiger partial charge in [0.05, 0.1) is 24.0 Å². The van der Waals surface area contributed by atoms with Crippen molar-refractivity contribution in [2.24, 2.45) is 11.5 Å². The Labute approximate surface area is 329 Å². The molecular formula is C46H80N2O6. The van der Waals surface area contributed by atoms with Gasteiger partial charge in [-0.05, 0) is 51.7 Å². The first-order valence-corrected chi connectivity index (χ1v) is 20.9. The quantitative estimate of drug-likeness (QED) is 0.0490. The molecule has 2 atom stereocenters. The fraction of sp³-hybridized carbons (Fsp3) is 0.696. The minimum atomic E-state index is -1.08. The van der Waals surface area contributed by atoms with E-state index in [-0.39, 0.29) is 12.8 Å². The molecular weight excluding hydrogens is 677 g/mol. The van der Waals surface area contributed by atoms with E-state index in [9.17, 15) is 19.8 Å². The van der Waals surface area contributed by atoms with Crippen LogP contribution in [0.5, 0.6) is 0 Å². The van der Waals surface area contributed by atoms with Crippen molar-refractivity contribution in [3.8, 4) is 0 Å². The number of aliphatic hydroxyl groups is 2. The number of carboxylic acids is 2. The van der Waals surface area contributed by atoms with Crippen molar-refractivity contribution in [3.63, 3.8) is 0 Å². The second-order valence-corrected chi connectivity index (χ2v) is 16.6. The van der Waals surface area contributed by atoms with Gasteiger partial charge in [0, 0.05) is 23.9 Å². The molecule has 0 aliphatic heterocycles. The number of unbranched alkanes of at least 4 members (excludes halogenated alkanes) is 14. The highest BCUT2D eigenvalue weighted by Gasteiger charge is 2.41. The molecule has 2 rings (SSSR count). The van der Waals surface area contributed by atoms with Crippen LogP contribution in [0.2, 0.25) is 0 Å². The van der Waals surface area contributed by atoms with Gasteiger partial charge in [-0.2, -0.15) is 0 Å². The van der Waals surface area contributed by atoms with Crippen LogP contribution < -0.4 is 11.5 Å². The van der Waals surface area contributed by atoms with Crippen molar-refractivity contribution < 1.29 is 30.0 Å². The molecule has 2 unspecified atom stereocenters. The first-order valence-electron chi connectivity index (χ1n) is 20.9. The Morgan fingerprint density at radius 2 is 0.741 bits per heavy atom. The first-order chi connectivity index (χ1) is 25.4. The molecule has 310 valence electrons. The van der Waals surface area contributed by atoms with Crippen molar-refractivity contribution in [1.82, 2.24) is 0 Å². The zero-order valence-electron chi connectivity index (χ0n) is 35.1. The van der Waals surface area contributed by atoms with Gasteiger partial charge >= 0.3 is 11.9 Å². The highest BCUT2D eigenvalue weighted by Crippen LogP contribution is 2.31. The number of rotatable bonds is 27. The first kappa shape index (κ1) is 51.2. The van der Waals surface area contributed by atoms with Gasteiger partial charge in [0.15, 0.2) is 0 Å². The largest absolute Gasteiger partial charge is 0.481 e. The predicted octanol–water partition coefficient (Wildman–Crippen LogP) is 10.4. The maximum atomic E-state index is 11.1. The Bertz CT molecular complexity index is 1120. The lowest BCUT2D eigenvalue weighted by atomic mass is 9.75. The van der Waals surface area contributed by atoms with E-state index in [0.717, 1.165) is 36.8 Å². The van der Waals surface area contributed by atoms with Crippen LogP contribution in [0, 0.1) is 0 Å². The smallest absolute Gasteiger partial charge is 0.303 e. The standard InChI is InChI=1S/2C21H37NO.C4H6O4/c2*1-4-5-6-7-8-9-10-14-17-21(23,20(2,3)22)18-19-15-12-11-13-16-19;5-3(6)1-2-4(7)8/h2*11-13,15-16,23H,4-10,14,17-18,22H2,1-3H3;1-2H2,(H,5,6)(H,7,8). The molecule has 0 saturated heterocycles. The number of hydrogen-bond acceptors (Lipinski definition) is 6. The van der Waals surface area contributed by atoms with Gasteiger partial charge in [0.1, 0.15) is 0 Å². The summed E-state index contributed by atoms with van der Waals surface area (Å²) in [6, 6.07) is 20.4. The summed E-state index contributed by atoms with van der Waals surface area (Å²) in [5, 5.41) is 38.1. The van der Waals surface area contributed by atoms with Crippen molar-refractivity contribution in [1.29, 1.82) is 0 Å². The second-order valence-electron chi connectivity index (χ2n) is 16.6. The van der Waals surface area contributed by atoms with Gasteiger partial charge in [-0.15, -0.1) is 0 Å². The van der Waals surface area contributed by atoms with E-state index in [4.69, 9.17) is 21.7 Å². The lowest BCUT2D eigenvalue weighted by Crippen LogP contribution is -2.57. The number of hydrogen-bond donors (Lipinski definition) is 6. The molecule has 2 aromatic rings. The molecule has 54 heavy (non-hydrogen) atoms. The molecule has 0 bridgehead atoms. The van der Waals surface area contributed by atoms with Crippen LogP contribution in [-0.4, -0.2) is 54.6 Å². The topological polar surface area (TPSA) is 167 Å². The molecule has 8 heteroatoms. The monoisotopic (exact) mass is 757 g/mol. The van der Waals surface area contributed by atoms with Crippen molar-refractivity contribution >= 4 is 11.9 Å². The molecule has 0 aromatic heterocycles. The fourth-order valence-electron chi connectivity index (χ4n) is 6.46. The highest BCUT2D eigenvalue weighted by molar-refractivity contribution is 5.75. The summed E-state index contributed by atoms with van der Waals surface area (Å²) in [5.74, 6) is -2.15. The SMILES string of the molecule is CCCCCCCCCCC(O)(Cc1ccccc1)C(C)(C)N.CCCCCCCCCCC(O)(Cc1ccccc1)C(C)(C)N.O=C(O)CCC(=O)O. The Balaban J connectivity index is 0.000000867. The Morgan fingerprint density at radius 3 is 0.981 bits per heavy atom. The van der Waals surface area contributed by atoms with Crippen molar-refractivity contribution in [2.75, 3.05) is 0 Å². The molecule has 2 aromatic carbocycles. The molecule has 8 N–H and O–H groups in total. The van der Waals surface area contributed by atoms with Crippen molar-refractivity contribution in [3.05, 3.63) is 71.8 Å². The highest BCUT2D eigenvalue weighted by atomic mass is 16.4. The summed E-state index contributed by atoms with van der Waals surface area (Å²) in [7, 11) is 0. The van der Waals surface area contributed by atoms with E-state index in [0.29, 0.717) is 12.8 Å². The van der Waals surface area contributed by atoms with Crippen LogP contribution in [0.25, 0.3) is 0 Å². The van der Waals surface area contributed by atoms with E-state index in [1.54, 1.807) is 0 Å². The average Bonchev–Trinajstić information content (AvgIpc) is 3.10. The molecule has 0 spiro atoms. The molecule has 0 aliphatic rings. The zero-order chi connectivity index (χ0) is 40.9. The zero-order valence-corrected chi connectivity index (χ0v) is 35.1. The van der Waals surface area contributed by atoms with Gasteiger partial charge in [0.2, 0.25) is 0 Å². The molecule has 0 aliphatic carbocycles. The van der Waals surface area contributed by atoms with Gasteiger partial charge in [-0.1, -0.05) is 177 Å². The van der Waals surface area contributed by atoms with Crippen LogP contribution >= 0.6 is 0 Å². The molecule has 0 amide bonds. The van der Waals surface area contributed by atoms with E-state index in [2.05, 4.69) is 38.1 Å². The van der Waals surface area contributed by atoms with Crippen LogP contribution in [-0.2, 0) is 22.4 Å². The number of benzene rings is 2. The normalized spacial score (nSPS) is 13.7. The van der Waals surface area contributed by atoms with Crippen LogP contribution in [0.4, 0.5) is 0 Å². The number of nitrogens with two attached hydrogens (primary N) is 2. The number of carbonyl (C=O) groups is 2. The number of aliphatic carboxylic acids is 2. The second kappa shape index (κ2) is 28.6. The predicted molar refractivity (Wildman–Crippen MR) is 226 cm³/mol. The third-order valence-corrected chi connectivity index (χ3v) is 10.5. The maximum Gasteiger partial charge on any atom is 0.303 e. The summed E-state index contributed by atoms with van der Waals surface area (Å²) in [4.78, 5) is 19.3. The van der Waals surface area contributed by atoms with Crippen molar-refractivity contribution in [2.45, 2.75) is 205 Å². The van der Waals surface area contributed by atoms with E-state index in [1.165, 1.54) is 89.9 Å². The third-order valence-electron chi connectivity index (χ3n) is 10.5. The van der Waals surface area contributed by atoms with Crippen LogP contribution in [0.3, 0.4) is 0 Å². The molecule has 0 fully saturated rings. The Hall–Kier alpha value is -2.78. The third kappa shape index (κ3) is 24.6. The average molecular weight is 757 g/mol. The van der Waals surface area contributed by atoms with Gasteiger partial charge < -0.3 is 31.9 Å². The Morgan fingerprint density at radius 1 is 0.481 bits per heavy atom. The summed E-state index contributed by atoms with van der Waals surface area (Å²) in [5.41, 5.74) is 12.1. The minimum Gasteiger partial charge on any atom is -0.481 e. The van der Waals surface area contributed by atoms with Crippen LogP contribution in [0.15, 0.2) is 60.7 Å². The van der Waals surface area contributed by atoms with Gasteiger partial charge in [0.25, 0.3) is 0 Å². The molecule has 0 heterocycles. The summed E-state index contributed by atoms with van der Waals surface area (Å²) < 4.78 is 0. The lowest BCUT2D eigenvalue weighted by molar-refractivity contribution is -0.143. The summed E-state index contributed by atoms with van der Waals surface area (Å²) in [6.45, 7) is 12.3. The fourth-order valence-corrected chi connectivity index (χ4v) is 6.46.